The fraction of sp³-hybridized carbons (Fsp3) is 0.111. The molecule has 2 nitrogen and oxygen atoms in total. The largest absolute Gasteiger partial charge is 0.319 e. The molecule has 0 aliphatic heterocycles. The van der Waals surface area contributed by atoms with Gasteiger partial charge in [-0.2, -0.15) is 0 Å². The van der Waals surface area contributed by atoms with Crippen LogP contribution in [0.5, 0.6) is 0 Å². The summed E-state index contributed by atoms with van der Waals surface area (Å²) < 4.78 is 0. The highest BCUT2D eigenvalue weighted by Crippen LogP contribution is 2.01. The first-order valence-corrected chi connectivity index (χ1v) is 4.02. The van der Waals surface area contributed by atoms with Crippen molar-refractivity contribution in [1.82, 2.24) is 5.32 Å². The fourth-order valence-electron chi connectivity index (χ4n) is 0.842. The maximum Gasteiger partial charge on any atom is 0.255 e. The molecule has 1 amide bonds. The smallest absolute Gasteiger partial charge is 0.255 e. The fourth-order valence-corrected chi connectivity index (χ4v) is 0.949. The Labute approximate surface area is 76.6 Å². The van der Waals surface area contributed by atoms with Crippen molar-refractivity contribution in [3.63, 3.8) is 0 Å². The molecule has 1 rings (SSSR count). The first-order valence-electron chi connectivity index (χ1n) is 3.55. The van der Waals surface area contributed by atoms with Crippen molar-refractivity contribution in [1.29, 1.82) is 0 Å². The molecular weight excluding hydrogens is 170 g/mol. The molecule has 0 atom stereocenters. The molecule has 0 fully saturated rings. The Hall–Kier alpha value is -1.22. The van der Waals surface area contributed by atoms with Crippen LogP contribution >= 0.6 is 12.2 Å². The van der Waals surface area contributed by atoms with Gasteiger partial charge in [-0.15, -0.1) is 0 Å². The number of amides is 1. The van der Waals surface area contributed by atoms with Crippen LogP contribution in [0.4, 0.5) is 0 Å². The molecule has 0 aliphatic carbocycles. The molecule has 0 unspecified atom stereocenters. The van der Waals surface area contributed by atoms with Crippen LogP contribution in [0.2, 0.25) is 0 Å². The second-order valence-corrected chi connectivity index (χ2v) is 2.69. The van der Waals surface area contributed by atoms with Gasteiger partial charge in [-0.25, -0.2) is 0 Å². The first kappa shape index (κ1) is 8.87. The SMILES string of the molecule is Cc1ccc(C(=O)NC=S)cc1. The molecule has 1 N–H and O–H groups in total. The highest BCUT2D eigenvalue weighted by atomic mass is 32.1. The second-order valence-electron chi connectivity index (χ2n) is 2.46. The lowest BCUT2D eigenvalue weighted by molar-refractivity contribution is 0.0979. The van der Waals surface area contributed by atoms with Gasteiger partial charge in [0, 0.05) is 5.56 Å². The number of benzene rings is 1. The third-order valence-corrected chi connectivity index (χ3v) is 1.62. The summed E-state index contributed by atoms with van der Waals surface area (Å²) in [5.41, 5.74) is 2.97. The van der Waals surface area contributed by atoms with Gasteiger partial charge in [0.15, 0.2) is 0 Å². The van der Waals surface area contributed by atoms with Crippen LogP contribution in [-0.2, 0) is 0 Å². The van der Waals surface area contributed by atoms with Gasteiger partial charge in [0.2, 0.25) is 0 Å². The molecule has 0 bridgehead atoms. The standard InChI is InChI=1S/C9H9NOS/c1-7-2-4-8(5-3-7)9(11)10-6-12/h2-6H,1H3,(H,10,11,12). The molecular formula is C9H9NOS. The van der Waals surface area contributed by atoms with E-state index in [9.17, 15) is 4.79 Å². The lowest BCUT2D eigenvalue weighted by atomic mass is 10.1. The minimum Gasteiger partial charge on any atom is -0.319 e. The highest BCUT2D eigenvalue weighted by Gasteiger charge is 2.00. The van der Waals surface area contributed by atoms with Crippen LogP contribution < -0.4 is 5.32 Å². The van der Waals surface area contributed by atoms with E-state index in [0.717, 1.165) is 5.56 Å². The second kappa shape index (κ2) is 3.97. The molecule has 1 aromatic rings. The predicted octanol–water partition coefficient (Wildman–Crippen LogP) is 1.68. The van der Waals surface area contributed by atoms with Gasteiger partial charge >= 0.3 is 0 Å². The summed E-state index contributed by atoms with van der Waals surface area (Å²) >= 11 is 4.50. The van der Waals surface area contributed by atoms with Crippen molar-refractivity contribution in [2.24, 2.45) is 0 Å². The normalized spacial score (nSPS) is 9.08. The minimum atomic E-state index is -0.162. The van der Waals surface area contributed by atoms with Gasteiger partial charge in [0.1, 0.15) is 0 Å². The quantitative estimate of drug-likeness (QED) is 0.700. The van der Waals surface area contributed by atoms with E-state index in [-0.39, 0.29) is 5.91 Å². The Kier molecular flexibility index (Phi) is 2.94. The molecule has 0 aromatic heterocycles. The van der Waals surface area contributed by atoms with Gasteiger partial charge in [-0.1, -0.05) is 29.9 Å². The van der Waals surface area contributed by atoms with Gasteiger partial charge in [-0.3, -0.25) is 4.79 Å². The number of hydrogen-bond acceptors (Lipinski definition) is 2. The van der Waals surface area contributed by atoms with Crippen molar-refractivity contribution < 1.29 is 4.79 Å². The van der Waals surface area contributed by atoms with E-state index in [1.807, 2.05) is 19.1 Å². The van der Waals surface area contributed by atoms with E-state index in [1.54, 1.807) is 12.1 Å². The maximum atomic E-state index is 11.1. The van der Waals surface area contributed by atoms with Crippen molar-refractivity contribution in [3.8, 4) is 0 Å². The van der Waals surface area contributed by atoms with E-state index in [4.69, 9.17) is 0 Å². The molecule has 0 saturated carbocycles. The summed E-state index contributed by atoms with van der Waals surface area (Å²) in [5.74, 6) is -0.162. The van der Waals surface area contributed by atoms with Crippen LogP contribution in [0.3, 0.4) is 0 Å². The van der Waals surface area contributed by atoms with Crippen molar-refractivity contribution >= 4 is 23.6 Å². The zero-order valence-electron chi connectivity index (χ0n) is 6.70. The Morgan fingerprint density at radius 3 is 2.50 bits per heavy atom. The molecule has 0 spiro atoms. The van der Waals surface area contributed by atoms with Crippen molar-refractivity contribution in [2.75, 3.05) is 0 Å². The van der Waals surface area contributed by atoms with Crippen molar-refractivity contribution in [3.05, 3.63) is 35.4 Å². The van der Waals surface area contributed by atoms with E-state index < -0.39 is 0 Å². The monoisotopic (exact) mass is 179 g/mol. The number of thiocarbonyl (C=S) groups is 1. The maximum absolute atomic E-state index is 11.1. The number of carbonyl (C=O) groups is 1. The first-order chi connectivity index (χ1) is 5.74. The van der Waals surface area contributed by atoms with Gasteiger partial charge in [-0.05, 0) is 19.1 Å². The third kappa shape index (κ3) is 2.13. The topological polar surface area (TPSA) is 29.1 Å². The molecule has 12 heavy (non-hydrogen) atoms. The van der Waals surface area contributed by atoms with Crippen LogP contribution in [0.1, 0.15) is 15.9 Å². The lowest BCUT2D eigenvalue weighted by Gasteiger charge is -1.98. The number of aryl methyl sites for hydroxylation is 1. The Balaban J connectivity index is 2.82. The minimum absolute atomic E-state index is 0.162. The lowest BCUT2D eigenvalue weighted by Crippen LogP contribution is -2.20. The van der Waals surface area contributed by atoms with Crippen LogP contribution in [0.25, 0.3) is 0 Å². The van der Waals surface area contributed by atoms with Crippen LogP contribution in [0.15, 0.2) is 24.3 Å². The van der Waals surface area contributed by atoms with Gasteiger partial charge in [0.05, 0.1) is 5.49 Å². The molecule has 0 radical (unpaired) electrons. The summed E-state index contributed by atoms with van der Waals surface area (Å²) in [6.07, 6.45) is 0. The summed E-state index contributed by atoms with van der Waals surface area (Å²) in [5, 5.41) is 2.43. The Morgan fingerprint density at radius 1 is 1.42 bits per heavy atom. The van der Waals surface area contributed by atoms with E-state index in [2.05, 4.69) is 17.5 Å². The Bertz CT molecular complexity index is 292. The molecule has 0 saturated heterocycles. The van der Waals surface area contributed by atoms with Crippen LogP contribution in [-0.4, -0.2) is 11.4 Å². The Morgan fingerprint density at radius 2 is 2.00 bits per heavy atom. The molecule has 0 aliphatic rings. The van der Waals surface area contributed by atoms with E-state index in [0.29, 0.717) is 5.56 Å². The zero-order valence-corrected chi connectivity index (χ0v) is 7.52. The molecule has 62 valence electrons. The number of rotatable bonds is 2. The van der Waals surface area contributed by atoms with E-state index in [1.165, 1.54) is 5.49 Å². The number of carbonyl (C=O) groups excluding carboxylic acids is 1. The summed E-state index contributed by atoms with van der Waals surface area (Å²) in [6, 6.07) is 7.31. The van der Waals surface area contributed by atoms with Gasteiger partial charge < -0.3 is 5.32 Å². The van der Waals surface area contributed by atoms with Crippen molar-refractivity contribution in [2.45, 2.75) is 6.92 Å². The average molecular weight is 179 g/mol. The van der Waals surface area contributed by atoms with Gasteiger partial charge in [0.25, 0.3) is 5.91 Å². The average Bonchev–Trinajstić information content (AvgIpc) is 2.06. The molecule has 1 aromatic carbocycles. The predicted molar refractivity (Wildman–Crippen MR) is 52.3 cm³/mol. The summed E-state index contributed by atoms with van der Waals surface area (Å²) in [6.45, 7) is 1.97. The molecule has 3 heteroatoms. The summed E-state index contributed by atoms with van der Waals surface area (Å²) in [7, 11) is 0. The number of hydrogen-bond donors (Lipinski definition) is 1. The zero-order chi connectivity index (χ0) is 8.97. The molecule has 0 heterocycles. The van der Waals surface area contributed by atoms with E-state index >= 15 is 0 Å². The van der Waals surface area contributed by atoms with Crippen LogP contribution in [0, 0.1) is 6.92 Å². The third-order valence-electron chi connectivity index (χ3n) is 1.50. The number of nitrogens with one attached hydrogen (secondary N) is 1. The summed E-state index contributed by atoms with van der Waals surface area (Å²) in [4.78, 5) is 11.1. The highest BCUT2D eigenvalue weighted by molar-refractivity contribution is 7.78.